The van der Waals surface area contributed by atoms with Crippen LogP contribution in [-0.2, 0) is 11.3 Å². The summed E-state index contributed by atoms with van der Waals surface area (Å²) in [6.07, 6.45) is 0. The molecule has 1 heterocycles. The van der Waals surface area contributed by atoms with Gasteiger partial charge < -0.3 is 15.0 Å². The third-order valence-corrected chi connectivity index (χ3v) is 3.44. The van der Waals surface area contributed by atoms with Gasteiger partial charge in [0.25, 0.3) is 5.91 Å². The molecule has 20 heavy (non-hydrogen) atoms. The molecule has 1 aromatic carbocycles. The second kappa shape index (κ2) is 6.33. The van der Waals surface area contributed by atoms with E-state index >= 15 is 0 Å². The lowest BCUT2D eigenvalue weighted by Gasteiger charge is -2.36. The van der Waals surface area contributed by atoms with Crippen molar-refractivity contribution in [2.45, 2.75) is 32.5 Å². The zero-order valence-electron chi connectivity index (χ0n) is 12.1. The molecule has 0 unspecified atom stereocenters. The summed E-state index contributed by atoms with van der Waals surface area (Å²) in [6, 6.07) is 4.98. The Labute approximate surface area is 118 Å². The fourth-order valence-electron chi connectivity index (χ4n) is 2.65. The Hall–Kier alpha value is -1.46. The number of methoxy groups -OCH3 is 1. The zero-order valence-corrected chi connectivity index (χ0v) is 12.1. The van der Waals surface area contributed by atoms with Crippen molar-refractivity contribution < 1.29 is 13.9 Å². The summed E-state index contributed by atoms with van der Waals surface area (Å²) in [5, 5.41) is 3.38. The normalized spacial score (nSPS) is 22.9. The summed E-state index contributed by atoms with van der Waals surface area (Å²) in [7, 11) is 1.51. The molecule has 1 amide bonds. The molecule has 0 radical (unpaired) electrons. The molecule has 1 fully saturated rings. The van der Waals surface area contributed by atoms with Crippen LogP contribution in [-0.4, -0.2) is 43.1 Å². The first-order chi connectivity index (χ1) is 9.51. The van der Waals surface area contributed by atoms with Crippen LogP contribution in [0.3, 0.4) is 0 Å². The molecule has 1 saturated heterocycles. The molecule has 0 bridgehead atoms. The van der Waals surface area contributed by atoms with Gasteiger partial charge >= 0.3 is 0 Å². The molecule has 2 atom stereocenters. The molecule has 4 nitrogen and oxygen atoms in total. The minimum absolute atomic E-state index is 0.0532. The topological polar surface area (TPSA) is 41.6 Å². The lowest BCUT2D eigenvalue weighted by Crippen LogP contribution is -2.55. The fourth-order valence-corrected chi connectivity index (χ4v) is 2.65. The van der Waals surface area contributed by atoms with Gasteiger partial charge in [-0.15, -0.1) is 0 Å². The number of ether oxygens (including phenoxy) is 1. The van der Waals surface area contributed by atoms with Gasteiger partial charge in [-0.05, 0) is 32.0 Å². The Morgan fingerprint density at radius 2 is 2.05 bits per heavy atom. The number of nitrogens with one attached hydrogen (secondary N) is 1. The van der Waals surface area contributed by atoms with E-state index < -0.39 is 0 Å². The van der Waals surface area contributed by atoms with Crippen LogP contribution in [0.25, 0.3) is 0 Å². The highest BCUT2D eigenvalue weighted by Crippen LogP contribution is 2.15. The number of nitrogens with zero attached hydrogens (tertiary/aromatic N) is 1. The van der Waals surface area contributed by atoms with Crippen molar-refractivity contribution in [3.05, 3.63) is 35.1 Å². The number of halogens is 1. The van der Waals surface area contributed by atoms with Crippen LogP contribution in [0.4, 0.5) is 4.39 Å². The molecule has 0 aliphatic carbocycles. The number of carbonyl (C=O) groups excluding carboxylic acids is 1. The molecule has 2 rings (SSSR count). The van der Waals surface area contributed by atoms with Crippen LogP contribution in [0.1, 0.15) is 29.8 Å². The lowest BCUT2D eigenvalue weighted by atomic mass is 10.1. The molecular formula is C15H21FN2O2. The summed E-state index contributed by atoms with van der Waals surface area (Å²) in [4.78, 5) is 14.3. The number of amides is 1. The van der Waals surface area contributed by atoms with Crippen LogP contribution in [0.2, 0.25) is 0 Å². The van der Waals surface area contributed by atoms with E-state index in [2.05, 4.69) is 19.2 Å². The molecule has 110 valence electrons. The van der Waals surface area contributed by atoms with Crippen LogP contribution in [0, 0.1) is 5.82 Å². The quantitative estimate of drug-likeness (QED) is 0.918. The number of benzene rings is 1. The van der Waals surface area contributed by atoms with Gasteiger partial charge in [0.15, 0.2) is 0 Å². The highest BCUT2D eigenvalue weighted by Gasteiger charge is 2.25. The lowest BCUT2D eigenvalue weighted by molar-refractivity contribution is 0.0673. The first-order valence-electron chi connectivity index (χ1n) is 6.84. The Balaban J connectivity index is 2.18. The van der Waals surface area contributed by atoms with Gasteiger partial charge in [-0.1, -0.05) is 0 Å². The van der Waals surface area contributed by atoms with Crippen molar-refractivity contribution in [3.8, 4) is 0 Å². The van der Waals surface area contributed by atoms with E-state index in [0.717, 1.165) is 0 Å². The third-order valence-electron chi connectivity index (χ3n) is 3.44. The third kappa shape index (κ3) is 3.35. The van der Waals surface area contributed by atoms with Gasteiger partial charge in [0.2, 0.25) is 0 Å². The Morgan fingerprint density at radius 1 is 1.40 bits per heavy atom. The van der Waals surface area contributed by atoms with Gasteiger partial charge in [0, 0.05) is 43.4 Å². The van der Waals surface area contributed by atoms with Crippen LogP contribution in [0.15, 0.2) is 18.2 Å². The molecule has 1 N–H and O–H groups in total. The molecule has 0 saturated carbocycles. The van der Waals surface area contributed by atoms with Gasteiger partial charge in [0.05, 0.1) is 6.61 Å². The minimum atomic E-state index is -0.342. The number of carbonyl (C=O) groups is 1. The second-order valence-electron chi connectivity index (χ2n) is 5.42. The maximum Gasteiger partial charge on any atom is 0.253 e. The van der Waals surface area contributed by atoms with Gasteiger partial charge in [-0.3, -0.25) is 4.79 Å². The maximum absolute atomic E-state index is 13.6. The highest BCUT2D eigenvalue weighted by atomic mass is 19.1. The van der Waals surface area contributed by atoms with E-state index in [-0.39, 0.29) is 30.4 Å². The first-order valence-corrected chi connectivity index (χ1v) is 6.84. The number of rotatable bonds is 3. The van der Waals surface area contributed by atoms with Crippen molar-refractivity contribution in [1.82, 2.24) is 10.2 Å². The number of hydrogen-bond donors (Lipinski definition) is 1. The SMILES string of the molecule is COCc1cc(C(=O)N2C[C@H](C)N[C@@H](C)C2)ccc1F. The van der Waals surface area contributed by atoms with E-state index in [1.54, 1.807) is 6.07 Å². The molecule has 0 spiro atoms. The second-order valence-corrected chi connectivity index (χ2v) is 5.42. The van der Waals surface area contributed by atoms with Crippen LogP contribution >= 0.6 is 0 Å². The maximum atomic E-state index is 13.6. The standard InChI is InChI=1S/C15H21FN2O2/c1-10-7-18(8-11(2)17-10)15(19)12-4-5-14(16)13(6-12)9-20-3/h4-6,10-11,17H,7-9H2,1-3H3/t10-,11-/m0/s1. The Morgan fingerprint density at radius 3 is 2.65 bits per heavy atom. The highest BCUT2D eigenvalue weighted by molar-refractivity contribution is 5.94. The fraction of sp³-hybridized carbons (Fsp3) is 0.533. The largest absolute Gasteiger partial charge is 0.380 e. The van der Waals surface area contributed by atoms with Gasteiger partial charge in [0.1, 0.15) is 5.82 Å². The van der Waals surface area contributed by atoms with E-state index in [1.165, 1.54) is 19.2 Å². The molecule has 0 aromatic heterocycles. The monoisotopic (exact) mass is 280 g/mol. The summed E-state index contributed by atoms with van der Waals surface area (Å²) in [6.45, 7) is 5.61. The molecule has 1 aliphatic heterocycles. The van der Waals surface area contributed by atoms with Crippen molar-refractivity contribution in [2.75, 3.05) is 20.2 Å². The van der Waals surface area contributed by atoms with Gasteiger partial charge in [-0.2, -0.15) is 0 Å². The Bertz CT molecular complexity index is 483. The zero-order chi connectivity index (χ0) is 14.7. The molecular weight excluding hydrogens is 259 g/mol. The molecule has 1 aromatic rings. The first kappa shape index (κ1) is 14.9. The predicted octanol–water partition coefficient (Wildman–Crippen LogP) is 1.79. The van der Waals surface area contributed by atoms with E-state index in [1.807, 2.05) is 4.90 Å². The Kier molecular flexibility index (Phi) is 4.73. The van der Waals surface area contributed by atoms with E-state index in [0.29, 0.717) is 24.2 Å². The van der Waals surface area contributed by atoms with E-state index in [9.17, 15) is 9.18 Å². The minimum Gasteiger partial charge on any atom is -0.380 e. The average Bonchev–Trinajstić information content (AvgIpc) is 2.39. The van der Waals surface area contributed by atoms with Crippen molar-refractivity contribution in [1.29, 1.82) is 0 Å². The number of piperazine rings is 1. The number of hydrogen-bond acceptors (Lipinski definition) is 3. The predicted molar refractivity (Wildman–Crippen MR) is 75.1 cm³/mol. The van der Waals surface area contributed by atoms with Crippen LogP contribution < -0.4 is 5.32 Å². The summed E-state index contributed by atoms with van der Waals surface area (Å²) < 4.78 is 18.5. The average molecular weight is 280 g/mol. The summed E-state index contributed by atoms with van der Waals surface area (Å²) in [5.74, 6) is -0.395. The van der Waals surface area contributed by atoms with Gasteiger partial charge in [-0.25, -0.2) is 4.39 Å². The summed E-state index contributed by atoms with van der Waals surface area (Å²) in [5.41, 5.74) is 0.925. The van der Waals surface area contributed by atoms with Crippen LogP contribution in [0.5, 0.6) is 0 Å². The van der Waals surface area contributed by atoms with Crippen molar-refractivity contribution >= 4 is 5.91 Å². The summed E-state index contributed by atoms with van der Waals surface area (Å²) >= 11 is 0. The molecule has 1 aliphatic rings. The van der Waals surface area contributed by atoms with Crippen molar-refractivity contribution in [3.63, 3.8) is 0 Å². The molecule has 5 heteroatoms. The smallest absolute Gasteiger partial charge is 0.253 e. The van der Waals surface area contributed by atoms with E-state index in [4.69, 9.17) is 4.74 Å². The van der Waals surface area contributed by atoms with Crippen molar-refractivity contribution in [2.24, 2.45) is 0 Å².